The third-order valence-corrected chi connectivity index (χ3v) is 3.77. The van der Waals surface area contributed by atoms with E-state index in [0.717, 1.165) is 38.2 Å². The fourth-order valence-electron chi connectivity index (χ4n) is 2.19. The zero-order valence-electron chi connectivity index (χ0n) is 12.5. The first-order chi connectivity index (χ1) is 9.06. The Bertz CT molecular complexity index is 414. The molecule has 0 aromatic carbocycles. The van der Waals surface area contributed by atoms with Crippen LogP contribution >= 0.6 is 0 Å². The molecule has 0 aliphatic carbocycles. The van der Waals surface area contributed by atoms with Crippen LogP contribution in [0.3, 0.4) is 0 Å². The predicted octanol–water partition coefficient (Wildman–Crippen LogP) is 1.52. The molecule has 0 bridgehead atoms. The molecule has 106 valence electrons. The molecule has 1 heterocycles. The van der Waals surface area contributed by atoms with Crippen molar-refractivity contribution < 1.29 is 0 Å². The zero-order chi connectivity index (χ0) is 14.3. The molecule has 19 heavy (non-hydrogen) atoms. The van der Waals surface area contributed by atoms with Gasteiger partial charge in [0.1, 0.15) is 11.4 Å². The summed E-state index contributed by atoms with van der Waals surface area (Å²) in [6.45, 7) is 3.87. The average Bonchev–Trinajstić information content (AvgIpc) is 2.81. The van der Waals surface area contributed by atoms with Crippen molar-refractivity contribution in [3.05, 3.63) is 18.2 Å². The fraction of sp³-hybridized carbons (Fsp3) is 0.714. The molecule has 0 amide bonds. The summed E-state index contributed by atoms with van der Waals surface area (Å²) in [5, 5.41) is 12.4. The predicted molar refractivity (Wildman–Crippen MR) is 76.5 cm³/mol. The fourth-order valence-corrected chi connectivity index (χ4v) is 2.19. The van der Waals surface area contributed by atoms with Crippen LogP contribution in [-0.2, 0) is 13.6 Å². The van der Waals surface area contributed by atoms with Crippen molar-refractivity contribution in [2.24, 2.45) is 7.05 Å². The number of nitriles is 1. The lowest BCUT2D eigenvalue weighted by Crippen LogP contribution is -2.41. The zero-order valence-corrected chi connectivity index (χ0v) is 12.5. The third-order valence-electron chi connectivity index (χ3n) is 3.77. The van der Waals surface area contributed by atoms with Gasteiger partial charge in [0.2, 0.25) is 0 Å². The summed E-state index contributed by atoms with van der Waals surface area (Å²) in [6.07, 6.45) is 6.50. The largest absolute Gasteiger partial charge is 0.337 e. The van der Waals surface area contributed by atoms with Gasteiger partial charge in [-0.1, -0.05) is 6.92 Å². The van der Waals surface area contributed by atoms with Crippen molar-refractivity contribution in [1.29, 1.82) is 5.26 Å². The van der Waals surface area contributed by atoms with Crippen LogP contribution in [0.1, 0.15) is 32.0 Å². The molecule has 1 N–H and O–H groups in total. The van der Waals surface area contributed by atoms with E-state index in [2.05, 4.69) is 35.2 Å². The minimum Gasteiger partial charge on any atom is -0.337 e. The summed E-state index contributed by atoms with van der Waals surface area (Å²) in [5.41, 5.74) is -0.371. The van der Waals surface area contributed by atoms with E-state index in [1.807, 2.05) is 31.1 Å². The van der Waals surface area contributed by atoms with Crippen molar-refractivity contribution in [2.75, 3.05) is 20.6 Å². The van der Waals surface area contributed by atoms with E-state index in [4.69, 9.17) is 0 Å². The van der Waals surface area contributed by atoms with Gasteiger partial charge in [0.15, 0.2) is 0 Å². The van der Waals surface area contributed by atoms with E-state index < -0.39 is 0 Å². The summed E-state index contributed by atoms with van der Waals surface area (Å²) in [4.78, 5) is 6.56. The molecule has 5 heteroatoms. The van der Waals surface area contributed by atoms with E-state index in [1.165, 1.54) is 0 Å². The molecule has 0 saturated carbocycles. The topological polar surface area (TPSA) is 56.9 Å². The molecule has 0 saturated heterocycles. The Balaban J connectivity index is 2.37. The van der Waals surface area contributed by atoms with Gasteiger partial charge >= 0.3 is 0 Å². The lowest BCUT2D eigenvalue weighted by atomic mass is 9.92. The van der Waals surface area contributed by atoms with Crippen molar-refractivity contribution in [3.8, 4) is 6.07 Å². The average molecular weight is 263 g/mol. The summed E-state index contributed by atoms with van der Waals surface area (Å²) in [6, 6.07) is 2.40. The molecule has 0 aliphatic rings. The van der Waals surface area contributed by atoms with Gasteiger partial charge in [-0.3, -0.25) is 4.90 Å². The van der Waals surface area contributed by atoms with Gasteiger partial charge in [-0.05, 0) is 39.9 Å². The van der Waals surface area contributed by atoms with E-state index in [-0.39, 0.29) is 5.54 Å². The van der Waals surface area contributed by atoms with Crippen LogP contribution in [0.25, 0.3) is 0 Å². The molecule has 1 rings (SSSR count). The normalized spacial score (nSPS) is 14.3. The second-order valence-electron chi connectivity index (χ2n) is 5.09. The molecular weight excluding hydrogens is 238 g/mol. The van der Waals surface area contributed by atoms with Gasteiger partial charge in [-0.2, -0.15) is 5.26 Å². The first-order valence-electron chi connectivity index (χ1n) is 6.82. The highest BCUT2D eigenvalue weighted by atomic mass is 15.1. The number of hydrogen-bond donors (Lipinski definition) is 1. The van der Waals surface area contributed by atoms with Crippen LogP contribution in [0.15, 0.2) is 12.4 Å². The Morgan fingerprint density at radius 3 is 2.79 bits per heavy atom. The van der Waals surface area contributed by atoms with E-state index >= 15 is 0 Å². The maximum Gasteiger partial charge on any atom is 0.122 e. The first kappa shape index (κ1) is 15.7. The lowest BCUT2D eigenvalue weighted by molar-refractivity contribution is 0.286. The third kappa shape index (κ3) is 4.34. The van der Waals surface area contributed by atoms with Crippen LogP contribution in [0.2, 0.25) is 0 Å². The van der Waals surface area contributed by atoms with Gasteiger partial charge in [0.05, 0.1) is 12.6 Å². The number of rotatable bonds is 8. The number of nitrogens with one attached hydrogen (secondary N) is 1. The van der Waals surface area contributed by atoms with Crippen molar-refractivity contribution in [1.82, 2.24) is 19.8 Å². The second-order valence-corrected chi connectivity index (χ2v) is 5.09. The Labute approximate surface area is 116 Å². The molecule has 0 radical (unpaired) electrons. The molecule has 5 nitrogen and oxygen atoms in total. The van der Waals surface area contributed by atoms with Gasteiger partial charge in [-0.15, -0.1) is 0 Å². The van der Waals surface area contributed by atoms with Crippen LogP contribution in [0, 0.1) is 11.3 Å². The molecule has 0 fully saturated rings. The van der Waals surface area contributed by atoms with E-state index in [0.29, 0.717) is 0 Å². The molecular formula is C14H25N5. The quantitative estimate of drug-likeness (QED) is 0.772. The van der Waals surface area contributed by atoms with Crippen LogP contribution in [0.5, 0.6) is 0 Å². The Morgan fingerprint density at radius 2 is 2.32 bits per heavy atom. The Kier molecular flexibility index (Phi) is 6.00. The van der Waals surface area contributed by atoms with Crippen LogP contribution < -0.4 is 5.32 Å². The standard InChI is InChI=1S/C14H25N5/c1-5-14(12-15,16-2)7-6-9-18(3)11-13-17-8-10-19(13)4/h8,10,16H,5-7,9,11H2,1-4H3. The SMILES string of the molecule is CCC(C#N)(CCCN(C)Cc1nccn1C)NC. The molecule has 1 unspecified atom stereocenters. The number of nitrogens with zero attached hydrogens (tertiary/aromatic N) is 4. The summed E-state index contributed by atoms with van der Waals surface area (Å²) >= 11 is 0. The van der Waals surface area contributed by atoms with Crippen molar-refractivity contribution in [2.45, 2.75) is 38.3 Å². The maximum absolute atomic E-state index is 9.25. The van der Waals surface area contributed by atoms with E-state index in [9.17, 15) is 5.26 Å². The van der Waals surface area contributed by atoms with Gasteiger partial charge in [0.25, 0.3) is 0 Å². The van der Waals surface area contributed by atoms with E-state index in [1.54, 1.807) is 0 Å². The molecule has 1 aromatic rings. The molecule has 1 aromatic heterocycles. The monoisotopic (exact) mass is 263 g/mol. The Hall–Kier alpha value is -1.38. The van der Waals surface area contributed by atoms with Crippen LogP contribution in [-0.4, -0.2) is 40.6 Å². The summed E-state index contributed by atoms with van der Waals surface area (Å²) < 4.78 is 2.04. The van der Waals surface area contributed by atoms with Gasteiger partial charge in [-0.25, -0.2) is 4.98 Å². The number of aromatic nitrogens is 2. The highest BCUT2D eigenvalue weighted by Gasteiger charge is 2.24. The summed E-state index contributed by atoms with van der Waals surface area (Å²) in [5.74, 6) is 1.07. The lowest BCUT2D eigenvalue weighted by Gasteiger charge is -2.25. The van der Waals surface area contributed by atoms with Gasteiger partial charge in [0, 0.05) is 19.4 Å². The van der Waals surface area contributed by atoms with Crippen molar-refractivity contribution >= 4 is 0 Å². The maximum atomic E-state index is 9.25. The van der Waals surface area contributed by atoms with Crippen LogP contribution in [0.4, 0.5) is 0 Å². The highest BCUT2D eigenvalue weighted by molar-refractivity contribution is 5.05. The van der Waals surface area contributed by atoms with Gasteiger partial charge < -0.3 is 9.88 Å². The second kappa shape index (κ2) is 7.27. The molecule has 1 atom stereocenters. The minimum absolute atomic E-state index is 0.371. The summed E-state index contributed by atoms with van der Waals surface area (Å²) in [7, 11) is 5.97. The molecule has 0 aliphatic heterocycles. The minimum atomic E-state index is -0.371. The number of aryl methyl sites for hydroxylation is 1. The smallest absolute Gasteiger partial charge is 0.122 e. The van der Waals surface area contributed by atoms with Crippen molar-refractivity contribution in [3.63, 3.8) is 0 Å². The Morgan fingerprint density at radius 1 is 1.58 bits per heavy atom. The molecule has 0 spiro atoms. The highest BCUT2D eigenvalue weighted by Crippen LogP contribution is 2.16. The number of imidazole rings is 1. The first-order valence-corrected chi connectivity index (χ1v) is 6.82. The number of hydrogen-bond acceptors (Lipinski definition) is 4.